The number of carbonyl (C=O) groups excluding carboxylic acids is 5. The summed E-state index contributed by atoms with van der Waals surface area (Å²) >= 11 is 5.66. The highest BCUT2D eigenvalue weighted by Crippen LogP contribution is 2.39. The van der Waals surface area contributed by atoms with Gasteiger partial charge >= 0.3 is 6.18 Å². The first-order valence-electron chi connectivity index (χ1n) is 20.7. The molecule has 4 fully saturated rings. The highest BCUT2D eigenvalue weighted by Gasteiger charge is 2.50. The number of halogens is 3. The van der Waals surface area contributed by atoms with E-state index in [1.54, 1.807) is 49.2 Å². The SMILES string of the molecule is CCN(CC1CCN(c2ccc(CN3C(=S)N(c4ccc(C#N)c(C(F)(F)F)c4)C(=O)C3(C)C)cn2)CC1)C1CC(Oc2ccc3c(c2)C(=O)N(C2CCC(=O)NC2=O)C3=O)C1. The summed E-state index contributed by atoms with van der Waals surface area (Å²) in [5, 5.41) is 11.5. The molecule has 4 aliphatic heterocycles. The van der Waals surface area contributed by atoms with Gasteiger partial charge in [0.15, 0.2) is 5.11 Å². The predicted octanol–water partition coefficient (Wildman–Crippen LogP) is 5.43. The number of piperidine rings is 2. The maximum Gasteiger partial charge on any atom is 0.417 e. The third kappa shape index (κ3) is 7.87. The van der Waals surface area contributed by atoms with E-state index in [2.05, 4.69) is 22.0 Å². The van der Waals surface area contributed by atoms with Gasteiger partial charge in [-0.25, -0.2) is 4.98 Å². The first-order chi connectivity index (χ1) is 29.5. The van der Waals surface area contributed by atoms with Crippen LogP contribution in [0.25, 0.3) is 0 Å². The molecule has 0 spiro atoms. The summed E-state index contributed by atoms with van der Waals surface area (Å²) in [5.41, 5.74) is -1.69. The number of nitriles is 1. The molecule has 1 N–H and O–H groups in total. The number of carbonyl (C=O) groups is 5. The van der Waals surface area contributed by atoms with Crippen LogP contribution < -0.4 is 19.9 Å². The number of fused-ring (bicyclic) bond motifs is 1. The van der Waals surface area contributed by atoms with Gasteiger partial charge in [-0.05, 0) is 106 Å². The van der Waals surface area contributed by atoms with E-state index in [1.807, 2.05) is 12.1 Å². The number of nitrogens with one attached hydrogen (secondary N) is 1. The molecule has 2 aromatic carbocycles. The summed E-state index contributed by atoms with van der Waals surface area (Å²) < 4.78 is 47.4. The Hall–Kier alpha value is -5.93. The van der Waals surface area contributed by atoms with Crippen LogP contribution in [0.1, 0.15) is 96.7 Å². The molecular weight excluding hydrogens is 826 g/mol. The zero-order valence-corrected chi connectivity index (χ0v) is 35.2. The monoisotopic (exact) mass is 870 g/mol. The topological polar surface area (TPSA) is 159 Å². The van der Waals surface area contributed by atoms with Gasteiger partial charge in [-0.3, -0.25) is 39.1 Å². The second-order valence-electron chi connectivity index (χ2n) is 17.0. The Morgan fingerprint density at radius 3 is 2.35 bits per heavy atom. The highest BCUT2D eigenvalue weighted by molar-refractivity contribution is 7.80. The minimum Gasteiger partial charge on any atom is -0.490 e. The lowest BCUT2D eigenvalue weighted by Gasteiger charge is -2.44. The normalized spacial score (nSPS) is 22.9. The molecule has 1 saturated carbocycles. The Balaban J connectivity index is 0.811. The molecular formula is C44H45F3N8O6S. The zero-order chi connectivity index (χ0) is 44.2. The summed E-state index contributed by atoms with van der Waals surface area (Å²) in [6, 6.07) is 12.7. The second kappa shape index (κ2) is 16.4. The van der Waals surface area contributed by atoms with Gasteiger partial charge in [-0.15, -0.1) is 0 Å². The van der Waals surface area contributed by atoms with Crippen LogP contribution in [0.15, 0.2) is 54.7 Å². The fourth-order valence-corrected chi connectivity index (χ4v) is 9.55. The van der Waals surface area contributed by atoms with Gasteiger partial charge in [0.1, 0.15) is 29.3 Å². The number of hydrogen-bond donors (Lipinski definition) is 1. The first kappa shape index (κ1) is 42.7. The Kier molecular flexibility index (Phi) is 11.3. The van der Waals surface area contributed by atoms with Crippen LogP contribution in [0.3, 0.4) is 0 Å². The Morgan fingerprint density at radius 1 is 0.984 bits per heavy atom. The molecule has 1 atom stereocenters. The lowest BCUT2D eigenvalue weighted by molar-refractivity contribution is -0.138. The number of alkyl halides is 3. The fraction of sp³-hybridized carbons (Fsp3) is 0.455. The van der Waals surface area contributed by atoms with Crippen LogP contribution in [0, 0.1) is 17.2 Å². The number of thiocarbonyl (C=S) groups is 1. The molecule has 5 amide bonds. The summed E-state index contributed by atoms with van der Waals surface area (Å²) in [5.74, 6) is -0.838. The standard InChI is InChI=1S/C44H45F3N8O6S/c1-4-51(29-17-31(18-29)61-30-8-9-32-33(20-30)40(59)55(39(32)58)35-10-12-37(56)50-38(35)57)23-25-13-15-52(16-14-25)36-11-5-26(22-49-36)24-53-42(62)54(41(60)43(53,2)3)28-7-6-27(21-48)34(19-28)44(45,46)47/h5-9,11,19-20,22,25,29,31,35H,4,10,12-18,23-24H2,1-3H3,(H,50,56,57). The number of amides is 5. The number of nitrogens with zero attached hydrogens (tertiary/aromatic N) is 7. The third-order valence-corrected chi connectivity index (χ3v) is 13.2. The number of hydrogen-bond acceptors (Lipinski definition) is 11. The van der Waals surface area contributed by atoms with Crippen molar-refractivity contribution in [1.82, 2.24) is 25.0 Å². The largest absolute Gasteiger partial charge is 0.490 e. The first-order valence-corrected chi connectivity index (χ1v) is 21.1. The summed E-state index contributed by atoms with van der Waals surface area (Å²) in [6.45, 7) is 9.24. The van der Waals surface area contributed by atoms with E-state index in [-0.39, 0.29) is 47.4 Å². The van der Waals surface area contributed by atoms with Gasteiger partial charge in [0.05, 0.1) is 34.0 Å². The van der Waals surface area contributed by atoms with E-state index in [9.17, 15) is 42.4 Å². The molecule has 18 heteroatoms. The van der Waals surface area contributed by atoms with E-state index < -0.39 is 58.4 Å². The molecule has 3 saturated heterocycles. The number of anilines is 2. The van der Waals surface area contributed by atoms with Crippen molar-refractivity contribution in [3.63, 3.8) is 0 Å². The quantitative estimate of drug-likeness (QED) is 0.193. The van der Waals surface area contributed by atoms with Crippen LogP contribution in [0.2, 0.25) is 0 Å². The van der Waals surface area contributed by atoms with Gasteiger partial charge in [0.25, 0.3) is 17.7 Å². The molecule has 1 aromatic heterocycles. The molecule has 324 valence electrons. The Labute approximate surface area is 361 Å². The van der Waals surface area contributed by atoms with Gasteiger partial charge in [-0.1, -0.05) is 13.0 Å². The van der Waals surface area contributed by atoms with Crippen molar-refractivity contribution in [3.8, 4) is 11.8 Å². The molecule has 62 heavy (non-hydrogen) atoms. The average Bonchev–Trinajstić information content (AvgIpc) is 3.57. The highest BCUT2D eigenvalue weighted by atomic mass is 32.1. The van der Waals surface area contributed by atoms with Crippen LogP contribution in [0.5, 0.6) is 5.75 Å². The number of ether oxygens (including phenoxy) is 1. The number of pyridine rings is 1. The van der Waals surface area contributed by atoms with Crippen LogP contribution in [-0.2, 0) is 27.1 Å². The van der Waals surface area contributed by atoms with Crippen molar-refractivity contribution < 1.29 is 41.9 Å². The fourth-order valence-electron chi connectivity index (χ4n) is 9.07. The van der Waals surface area contributed by atoms with Crippen LogP contribution in [-0.4, -0.2) is 104 Å². The van der Waals surface area contributed by atoms with E-state index in [0.29, 0.717) is 17.7 Å². The molecule has 8 rings (SSSR count). The average molecular weight is 871 g/mol. The molecule has 0 bridgehead atoms. The second-order valence-corrected chi connectivity index (χ2v) is 17.3. The summed E-state index contributed by atoms with van der Waals surface area (Å²) in [6.07, 6.45) is 0.702. The maximum absolute atomic E-state index is 13.7. The van der Waals surface area contributed by atoms with Gasteiger partial charge in [0.2, 0.25) is 11.8 Å². The number of aromatic nitrogens is 1. The summed E-state index contributed by atoms with van der Waals surface area (Å²) in [7, 11) is 0. The summed E-state index contributed by atoms with van der Waals surface area (Å²) in [4.78, 5) is 77.1. The van der Waals surface area contributed by atoms with Gasteiger partial charge in [0, 0.05) is 57.7 Å². The lowest BCUT2D eigenvalue weighted by Crippen LogP contribution is -2.54. The van der Waals surface area contributed by atoms with E-state index >= 15 is 0 Å². The molecule has 5 aliphatic rings. The minimum atomic E-state index is -4.78. The Bertz CT molecular complexity index is 2390. The van der Waals surface area contributed by atoms with E-state index in [0.717, 1.165) is 85.2 Å². The van der Waals surface area contributed by atoms with Crippen molar-refractivity contribution in [2.45, 2.75) is 95.7 Å². The third-order valence-electron chi connectivity index (χ3n) is 12.8. The van der Waals surface area contributed by atoms with Crippen molar-refractivity contribution in [3.05, 3.63) is 82.5 Å². The lowest BCUT2D eigenvalue weighted by atomic mass is 9.86. The van der Waals surface area contributed by atoms with Crippen molar-refractivity contribution in [1.29, 1.82) is 5.26 Å². The molecule has 5 heterocycles. The van der Waals surface area contributed by atoms with E-state index in [1.165, 1.54) is 6.07 Å². The predicted molar refractivity (Wildman–Crippen MR) is 223 cm³/mol. The van der Waals surface area contributed by atoms with Crippen LogP contribution >= 0.6 is 12.2 Å². The van der Waals surface area contributed by atoms with Gasteiger partial charge < -0.3 is 19.4 Å². The molecule has 3 aromatic rings. The molecule has 0 radical (unpaired) electrons. The van der Waals surface area contributed by atoms with Crippen LogP contribution in [0.4, 0.5) is 24.7 Å². The van der Waals surface area contributed by atoms with Crippen molar-refractivity contribution in [2.24, 2.45) is 5.92 Å². The van der Waals surface area contributed by atoms with Crippen molar-refractivity contribution >= 4 is 58.4 Å². The Morgan fingerprint density at radius 2 is 1.71 bits per heavy atom. The maximum atomic E-state index is 13.7. The number of benzene rings is 2. The molecule has 1 aliphatic carbocycles. The smallest absolute Gasteiger partial charge is 0.417 e. The molecule has 1 unspecified atom stereocenters. The van der Waals surface area contributed by atoms with Crippen molar-refractivity contribution in [2.75, 3.05) is 36.0 Å². The minimum absolute atomic E-state index is 0.0398. The number of imide groups is 2. The van der Waals surface area contributed by atoms with Gasteiger partial charge in [-0.2, -0.15) is 18.4 Å². The zero-order valence-electron chi connectivity index (χ0n) is 34.4. The molecule has 14 nitrogen and oxygen atoms in total. The van der Waals surface area contributed by atoms with E-state index in [4.69, 9.17) is 21.9 Å². The number of rotatable bonds is 11.